The Morgan fingerprint density at radius 3 is 2.91 bits per heavy atom. The summed E-state index contributed by atoms with van der Waals surface area (Å²) in [5, 5.41) is 33.4. The summed E-state index contributed by atoms with van der Waals surface area (Å²) in [5.41, 5.74) is -0.289. The van der Waals surface area contributed by atoms with Crippen LogP contribution in [0.1, 0.15) is 16.2 Å². The predicted molar refractivity (Wildman–Crippen MR) is 71.3 cm³/mol. The molecule has 1 heterocycles. The number of carboxylic acid groups (broad SMARTS) is 1. The molecule has 0 aliphatic carbocycles. The first-order chi connectivity index (χ1) is 10.6. The molecule has 0 unspecified atom stereocenters. The molecule has 0 saturated heterocycles. The first-order valence-corrected chi connectivity index (χ1v) is 5.78. The van der Waals surface area contributed by atoms with Crippen LogP contribution in [-0.4, -0.2) is 38.8 Å². The molecule has 0 aliphatic heterocycles. The number of halogens is 1. The van der Waals surface area contributed by atoms with E-state index in [4.69, 9.17) is 15.1 Å². The number of allylic oxidation sites excluding steroid dienone is 1. The van der Waals surface area contributed by atoms with Crippen LogP contribution in [0.15, 0.2) is 18.3 Å². The van der Waals surface area contributed by atoms with Crippen molar-refractivity contribution in [1.29, 1.82) is 5.26 Å². The van der Waals surface area contributed by atoms with E-state index in [0.29, 0.717) is 0 Å². The molecule has 3 N–H and O–H groups in total. The number of benzene rings is 1. The number of rotatable bonds is 5. The molecule has 0 atom stereocenters. The average Bonchev–Trinajstić information content (AvgIpc) is 3.02. The molecule has 0 spiro atoms. The lowest BCUT2D eigenvalue weighted by atomic mass is 10.1. The predicted octanol–water partition coefficient (Wildman–Crippen LogP) is 1.02. The van der Waals surface area contributed by atoms with Gasteiger partial charge in [-0.3, -0.25) is 0 Å². The number of aromatic amines is 1. The molecule has 22 heavy (non-hydrogen) atoms. The number of nitrogens with zero attached hydrogens (tertiary/aromatic N) is 4. The van der Waals surface area contributed by atoms with Gasteiger partial charge in [-0.25, -0.2) is 9.18 Å². The zero-order valence-corrected chi connectivity index (χ0v) is 11.2. The number of carbonyl (C=O) groups is 1. The van der Waals surface area contributed by atoms with Crippen molar-refractivity contribution in [2.24, 2.45) is 0 Å². The Morgan fingerprint density at radius 2 is 2.36 bits per heavy atom. The summed E-state index contributed by atoms with van der Waals surface area (Å²) in [6, 6.07) is 3.79. The minimum Gasteiger partial charge on any atom is -0.494 e. The number of aromatic carboxylic acids is 1. The van der Waals surface area contributed by atoms with Gasteiger partial charge < -0.3 is 15.2 Å². The maximum Gasteiger partial charge on any atom is 0.337 e. The van der Waals surface area contributed by atoms with Crippen molar-refractivity contribution in [3.63, 3.8) is 0 Å². The third-order valence-corrected chi connectivity index (χ3v) is 2.60. The maximum atomic E-state index is 13.7. The second kappa shape index (κ2) is 6.31. The molecule has 0 aliphatic rings. The first-order valence-electron chi connectivity index (χ1n) is 5.78. The quantitative estimate of drug-likeness (QED) is 0.696. The van der Waals surface area contributed by atoms with Crippen LogP contribution in [0.4, 0.5) is 10.1 Å². The van der Waals surface area contributed by atoms with Gasteiger partial charge in [0.25, 0.3) is 0 Å². The number of hydrogen-bond donors (Lipinski definition) is 3. The van der Waals surface area contributed by atoms with Crippen LogP contribution in [0.25, 0.3) is 5.57 Å². The number of nitriles is 1. The van der Waals surface area contributed by atoms with E-state index in [2.05, 4.69) is 25.9 Å². The molecule has 2 rings (SSSR count). The Balaban J connectivity index is 2.39. The minimum absolute atomic E-state index is 0.0127. The van der Waals surface area contributed by atoms with Crippen molar-refractivity contribution in [2.75, 3.05) is 12.4 Å². The highest BCUT2D eigenvalue weighted by atomic mass is 19.1. The zero-order chi connectivity index (χ0) is 16.1. The van der Waals surface area contributed by atoms with Gasteiger partial charge in [0.15, 0.2) is 11.6 Å². The van der Waals surface area contributed by atoms with E-state index in [9.17, 15) is 9.18 Å². The highest BCUT2D eigenvalue weighted by Gasteiger charge is 2.15. The van der Waals surface area contributed by atoms with Gasteiger partial charge in [0, 0.05) is 12.3 Å². The molecular weight excluding hydrogens is 295 g/mol. The van der Waals surface area contributed by atoms with Crippen molar-refractivity contribution in [1.82, 2.24) is 20.6 Å². The second-order valence-electron chi connectivity index (χ2n) is 3.89. The number of hydrogen-bond acceptors (Lipinski definition) is 7. The van der Waals surface area contributed by atoms with Crippen LogP contribution in [0.2, 0.25) is 0 Å². The third-order valence-electron chi connectivity index (χ3n) is 2.60. The summed E-state index contributed by atoms with van der Waals surface area (Å²) in [6.45, 7) is 0. The third kappa shape index (κ3) is 2.98. The number of anilines is 1. The number of methoxy groups -OCH3 is 1. The number of nitrogens with one attached hydrogen (secondary N) is 2. The molecule has 1 aromatic heterocycles. The zero-order valence-electron chi connectivity index (χ0n) is 11.2. The van der Waals surface area contributed by atoms with E-state index < -0.39 is 11.8 Å². The summed E-state index contributed by atoms with van der Waals surface area (Å²) < 4.78 is 18.4. The molecular formula is C12H9FN6O3. The molecule has 2 aromatic rings. The SMILES string of the molecule is COc1cc(C(=O)O)c(NC=C(C#N)c2nn[nH]n2)cc1F. The van der Waals surface area contributed by atoms with Crippen LogP contribution in [-0.2, 0) is 0 Å². The van der Waals surface area contributed by atoms with Crippen LogP contribution in [0, 0.1) is 17.1 Å². The van der Waals surface area contributed by atoms with E-state index >= 15 is 0 Å². The van der Waals surface area contributed by atoms with Crippen LogP contribution in [0.5, 0.6) is 5.75 Å². The maximum absolute atomic E-state index is 13.7. The molecule has 0 amide bonds. The standard InChI is InChI=1S/C12H9FN6O3/c1-22-10-2-7(12(20)21)9(3-8(10)13)15-5-6(4-14)11-16-18-19-17-11/h2-3,5,15H,1H3,(H,20,21)(H,16,17,18,19). The van der Waals surface area contributed by atoms with Gasteiger partial charge >= 0.3 is 5.97 Å². The van der Waals surface area contributed by atoms with Crippen LogP contribution < -0.4 is 10.1 Å². The topological polar surface area (TPSA) is 137 Å². The summed E-state index contributed by atoms with van der Waals surface area (Å²) >= 11 is 0. The number of ether oxygens (including phenoxy) is 1. The van der Waals surface area contributed by atoms with Crippen LogP contribution in [0.3, 0.4) is 0 Å². The van der Waals surface area contributed by atoms with E-state index in [1.807, 2.05) is 6.07 Å². The van der Waals surface area contributed by atoms with Gasteiger partial charge in [-0.2, -0.15) is 10.5 Å². The molecule has 112 valence electrons. The molecule has 0 fully saturated rings. The Labute approximate surface area is 123 Å². The van der Waals surface area contributed by atoms with Gasteiger partial charge in [-0.15, -0.1) is 10.2 Å². The number of carboxylic acids is 1. The second-order valence-corrected chi connectivity index (χ2v) is 3.89. The Kier molecular flexibility index (Phi) is 4.28. The van der Waals surface area contributed by atoms with Crippen molar-refractivity contribution < 1.29 is 19.0 Å². The largest absolute Gasteiger partial charge is 0.494 e. The molecule has 0 radical (unpaired) electrons. The lowest BCUT2D eigenvalue weighted by Crippen LogP contribution is -2.05. The number of aromatic nitrogens is 4. The van der Waals surface area contributed by atoms with E-state index in [0.717, 1.165) is 18.3 Å². The fourth-order valence-corrected chi connectivity index (χ4v) is 1.58. The van der Waals surface area contributed by atoms with Crippen molar-refractivity contribution >= 4 is 17.2 Å². The van der Waals surface area contributed by atoms with Crippen LogP contribution >= 0.6 is 0 Å². The van der Waals surface area contributed by atoms with Crippen molar-refractivity contribution in [3.8, 4) is 11.8 Å². The van der Waals surface area contributed by atoms with Gasteiger partial charge in [0.2, 0.25) is 5.82 Å². The molecule has 0 bridgehead atoms. The van der Waals surface area contributed by atoms with Gasteiger partial charge in [0.05, 0.1) is 18.4 Å². The van der Waals surface area contributed by atoms with Gasteiger partial charge in [-0.1, -0.05) is 0 Å². The monoisotopic (exact) mass is 304 g/mol. The van der Waals surface area contributed by atoms with Crippen molar-refractivity contribution in [2.45, 2.75) is 0 Å². The summed E-state index contributed by atoms with van der Waals surface area (Å²) in [4.78, 5) is 11.2. The lowest BCUT2D eigenvalue weighted by Gasteiger charge is -2.09. The fourth-order valence-electron chi connectivity index (χ4n) is 1.58. The molecule has 10 heteroatoms. The average molecular weight is 304 g/mol. The normalized spacial score (nSPS) is 10.9. The Hall–Kier alpha value is -3.48. The van der Waals surface area contributed by atoms with Crippen molar-refractivity contribution in [3.05, 3.63) is 35.5 Å². The highest BCUT2D eigenvalue weighted by molar-refractivity contribution is 5.95. The Bertz CT molecular complexity index is 766. The summed E-state index contributed by atoms with van der Waals surface area (Å²) in [5.74, 6) is -2.22. The van der Waals surface area contributed by atoms with E-state index in [1.54, 1.807) is 0 Å². The van der Waals surface area contributed by atoms with E-state index in [1.165, 1.54) is 7.11 Å². The number of tetrazole rings is 1. The molecule has 9 nitrogen and oxygen atoms in total. The summed E-state index contributed by atoms with van der Waals surface area (Å²) in [6.07, 6.45) is 1.15. The fraction of sp³-hybridized carbons (Fsp3) is 0.0833. The smallest absolute Gasteiger partial charge is 0.337 e. The Morgan fingerprint density at radius 1 is 1.59 bits per heavy atom. The lowest BCUT2D eigenvalue weighted by molar-refractivity contribution is 0.0697. The number of H-pyrrole nitrogens is 1. The van der Waals surface area contributed by atoms with E-state index in [-0.39, 0.29) is 28.4 Å². The summed E-state index contributed by atoms with van der Waals surface area (Å²) in [7, 11) is 1.22. The first kappa shape index (κ1) is 14.9. The highest BCUT2D eigenvalue weighted by Crippen LogP contribution is 2.26. The van der Waals surface area contributed by atoms with Gasteiger partial charge in [-0.05, 0) is 11.3 Å². The van der Waals surface area contributed by atoms with Gasteiger partial charge in [0.1, 0.15) is 11.6 Å². The molecule has 1 aromatic carbocycles. The molecule has 0 saturated carbocycles. The minimum atomic E-state index is -1.28.